The van der Waals surface area contributed by atoms with E-state index in [1.54, 1.807) is 16.7 Å². The number of nitrogens with zero attached hydrogens (tertiary/aromatic N) is 2. The first-order valence-corrected chi connectivity index (χ1v) is 9.04. The Balaban J connectivity index is 1.96. The first-order chi connectivity index (χ1) is 12.0. The van der Waals surface area contributed by atoms with E-state index in [0.717, 1.165) is 24.8 Å². The van der Waals surface area contributed by atoms with Gasteiger partial charge < -0.3 is 20.3 Å². The molecule has 2 N–H and O–H groups in total. The number of amides is 2. The molecule has 1 aromatic rings. The molecule has 25 heavy (non-hydrogen) atoms. The highest BCUT2D eigenvalue weighted by Gasteiger charge is 2.30. The van der Waals surface area contributed by atoms with Gasteiger partial charge in [0.25, 0.3) is 0 Å². The zero-order valence-corrected chi connectivity index (χ0v) is 15.2. The van der Waals surface area contributed by atoms with Crippen LogP contribution in [0.25, 0.3) is 0 Å². The van der Waals surface area contributed by atoms with Gasteiger partial charge in [0.2, 0.25) is 5.91 Å². The molecule has 6 heteroatoms. The second kappa shape index (κ2) is 9.42. The third-order valence-corrected chi connectivity index (χ3v) is 4.58. The number of carbonyl (C=O) groups excluding carboxylic acids is 2. The predicted molar refractivity (Wildman–Crippen MR) is 96.9 cm³/mol. The van der Waals surface area contributed by atoms with Gasteiger partial charge in [0.1, 0.15) is 6.61 Å². The molecule has 0 aromatic heterocycles. The number of likely N-dealkylation sites (N-methyl/N-ethyl adjacent to an activating group) is 1. The maximum atomic E-state index is 12.5. The monoisotopic (exact) mass is 347 g/mol. The van der Waals surface area contributed by atoms with E-state index in [2.05, 4.69) is 0 Å². The first-order valence-electron chi connectivity index (χ1n) is 9.04. The van der Waals surface area contributed by atoms with Crippen molar-refractivity contribution in [2.45, 2.75) is 51.8 Å². The van der Waals surface area contributed by atoms with Crippen molar-refractivity contribution >= 4 is 12.0 Å². The van der Waals surface area contributed by atoms with E-state index in [-0.39, 0.29) is 24.6 Å². The van der Waals surface area contributed by atoms with Crippen molar-refractivity contribution in [3.8, 4) is 0 Å². The lowest BCUT2D eigenvalue weighted by Crippen LogP contribution is -2.52. The summed E-state index contributed by atoms with van der Waals surface area (Å²) >= 11 is 0. The van der Waals surface area contributed by atoms with E-state index in [4.69, 9.17) is 10.5 Å². The molecule has 2 amide bonds. The normalized spacial score (nSPS) is 18.5. The van der Waals surface area contributed by atoms with Crippen LogP contribution >= 0.6 is 0 Å². The Bertz CT molecular complexity index is 562. The van der Waals surface area contributed by atoms with E-state index in [1.807, 2.05) is 37.3 Å². The van der Waals surface area contributed by atoms with Crippen LogP contribution < -0.4 is 5.73 Å². The van der Waals surface area contributed by atoms with Gasteiger partial charge in [-0.1, -0.05) is 30.3 Å². The number of carbonyl (C=O) groups is 2. The summed E-state index contributed by atoms with van der Waals surface area (Å²) in [6.45, 7) is 5.65. The van der Waals surface area contributed by atoms with Crippen molar-refractivity contribution < 1.29 is 14.3 Å². The van der Waals surface area contributed by atoms with Crippen LogP contribution in [0.2, 0.25) is 0 Å². The quantitative estimate of drug-likeness (QED) is 0.857. The summed E-state index contributed by atoms with van der Waals surface area (Å²) in [5.74, 6) is -0.0781. The summed E-state index contributed by atoms with van der Waals surface area (Å²) in [5.41, 5.74) is 6.69. The molecular formula is C19H29N3O3. The molecule has 1 fully saturated rings. The molecule has 1 aliphatic heterocycles. The minimum absolute atomic E-state index is 0.0142. The number of likely N-dealkylation sites (tertiary alicyclic amines) is 1. The number of nitrogens with two attached hydrogens (primary N) is 1. The highest BCUT2D eigenvalue weighted by atomic mass is 16.6. The maximum Gasteiger partial charge on any atom is 0.410 e. The fourth-order valence-corrected chi connectivity index (χ4v) is 3.15. The van der Waals surface area contributed by atoms with Crippen molar-refractivity contribution in [3.05, 3.63) is 35.9 Å². The second-order valence-electron chi connectivity index (χ2n) is 6.55. The van der Waals surface area contributed by atoms with Crippen LogP contribution in [0.1, 0.15) is 38.7 Å². The number of rotatable bonds is 6. The second-order valence-corrected chi connectivity index (χ2v) is 6.55. The van der Waals surface area contributed by atoms with Crippen molar-refractivity contribution in [1.29, 1.82) is 0 Å². The minimum Gasteiger partial charge on any atom is -0.445 e. The Morgan fingerprint density at radius 1 is 1.32 bits per heavy atom. The van der Waals surface area contributed by atoms with Gasteiger partial charge in [-0.2, -0.15) is 0 Å². The van der Waals surface area contributed by atoms with E-state index in [0.29, 0.717) is 19.6 Å². The SMILES string of the molecule is CCN(CC1CCCCN1C(=O)OCc1ccccc1)C(=O)C(C)N. The Hall–Kier alpha value is -2.08. The molecule has 6 nitrogen and oxygen atoms in total. The average Bonchev–Trinajstić information content (AvgIpc) is 2.64. The predicted octanol–water partition coefficient (Wildman–Crippen LogP) is 2.37. The maximum absolute atomic E-state index is 12.5. The largest absolute Gasteiger partial charge is 0.445 e. The Labute approximate surface area is 149 Å². The number of piperidine rings is 1. The van der Waals surface area contributed by atoms with Crippen LogP contribution in [0.15, 0.2) is 30.3 Å². The van der Waals surface area contributed by atoms with Crippen molar-refractivity contribution in [1.82, 2.24) is 9.80 Å². The molecule has 2 rings (SSSR count). The van der Waals surface area contributed by atoms with Gasteiger partial charge in [-0.15, -0.1) is 0 Å². The van der Waals surface area contributed by atoms with Gasteiger partial charge >= 0.3 is 6.09 Å². The van der Waals surface area contributed by atoms with Crippen LogP contribution in [0.4, 0.5) is 4.79 Å². The minimum atomic E-state index is -0.526. The zero-order valence-electron chi connectivity index (χ0n) is 15.2. The summed E-state index contributed by atoms with van der Waals surface area (Å²) < 4.78 is 5.48. The third-order valence-electron chi connectivity index (χ3n) is 4.58. The third kappa shape index (κ3) is 5.46. The van der Waals surface area contributed by atoms with Crippen molar-refractivity contribution in [2.24, 2.45) is 5.73 Å². The molecule has 1 aromatic carbocycles. The molecule has 2 unspecified atom stereocenters. The lowest BCUT2D eigenvalue weighted by molar-refractivity contribution is -0.133. The number of hydrogen-bond acceptors (Lipinski definition) is 4. The zero-order chi connectivity index (χ0) is 18.2. The summed E-state index contributed by atoms with van der Waals surface area (Å²) in [4.78, 5) is 28.2. The molecule has 1 aliphatic rings. The molecular weight excluding hydrogens is 318 g/mol. The highest BCUT2D eigenvalue weighted by molar-refractivity contribution is 5.81. The van der Waals surface area contributed by atoms with Gasteiger partial charge in [0, 0.05) is 19.6 Å². The molecule has 138 valence electrons. The van der Waals surface area contributed by atoms with E-state index in [9.17, 15) is 9.59 Å². The fourth-order valence-electron chi connectivity index (χ4n) is 3.15. The van der Waals surface area contributed by atoms with Gasteiger partial charge in [-0.3, -0.25) is 4.79 Å². The molecule has 0 saturated carbocycles. The van der Waals surface area contributed by atoms with E-state index >= 15 is 0 Å². The lowest BCUT2D eigenvalue weighted by atomic mass is 10.0. The molecule has 0 bridgehead atoms. The molecule has 1 saturated heterocycles. The standard InChI is InChI=1S/C19H29N3O3/c1-3-21(18(23)15(2)20)13-17-11-7-8-12-22(17)19(24)25-14-16-9-5-4-6-10-16/h4-6,9-10,15,17H,3,7-8,11-14,20H2,1-2H3. The molecule has 0 spiro atoms. The van der Waals surface area contributed by atoms with Crippen LogP contribution in [-0.4, -0.2) is 53.5 Å². The van der Waals surface area contributed by atoms with Gasteiger partial charge in [-0.25, -0.2) is 4.79 Å². The number of hydrogen-bond donors (Lipinski definition) is 1. The van der Waals surface area contributed by atoms with Crippen molar-refractivity contribution in [2.75, 3.05) is 19.6 Å². The fraction of sp³-hybridized carbons (Fsp3) is 0.579. The number of benzene rings is 1. The summed E-state index contributed by atoms with van der Waals surface area (Å²) in [7, 11) is 0. The topological polar surface area (TPSA) is 75.9 Å². The Morgan fingerprint density at radius 3 is 2.68 bits per heavy atom. The Morgan fingerprint density at radius 2 is 2.04 bits per heavy atom. The van der Waals surface area contributed by atoms with Crippen LogP contribution in [0.3, 0.4) is 0 Å². The first kappa shape index (κ1) is 19.2. The highest BCUT2D eigenvalue weighted by Crippen LogP contribution is 2.20. The smallest absolute Gasteiger partial charge is 0.410 e. The molecule has 0 radical (unpaired) electrons. The summed E-state index contributed by atoms with van der Waals surface area (Å²) in [6, 6.07) is 9.10. The number of ether oxygens (including phenoxy) is 1. The summed E-state index contributed by atoms with van der Waals surface area (Å²) in [5, 5.41) is 0. The van der Waals surface area contributed by atoms with Gasteiger partial charge in [-0.05, 0) is 38.7 Å². The summed E-state index contributed by atoms with van der Waals surface area (Å²) in [6.07, 6.45) is 2.59. The van der Waals surface area contributed by atoms with E-state index < -0.39 is 6.04 Å². The Kier molecular flexibility index (Phi) is 7.25. The van der Waals surface area contributed by atoms with Gasteiger partial charge in [0.15, 0.2) is 0 Å². The molecule has 2 atom stereocenters. The van der Waals surface area contributed by atoms with Crippen LogP contribution in [-0.2, 0) is 16.1 Å². The van der Waals surface area contributed by atoms with Crippen LogP contribution in [0, 0.1) is 0 Å². The molecule has 1 heterocycles. The molecule has 0 aliphatic carbocycles. The average molecular weight is 347 g/mol. The van der Waals surface area contributed by atoms with Gasteiger partial charge in [0.05, 0.1) is 12.1 Å². The lowest BCUT2D eigenvalue weighted by Gasteiger charge is -2.38. The van der Waals surface area contributed by atoms with Crippen LogP contribution in [0.5, 0.6) is 0 Å². The van der Waals surface area contributed by atoms with Crippen molar-refractivity contribution in [3.63, 3.8) is 0 Å². The van der Waals surface area contributed by atoms with E-state index in [1.165, 1.54) is 0 Å².